The monoisotopic (exact) mass is 1560 g/mol. The summed E-state index contributed by atoms with van der Waals surface area (Å²) in [5.74, 6) is 1.14. The van der Waals surface area contributed by atoms with Crippen molar-refractivity contribution in [3.8, 4) is 0 Å². The Bertz CT molecular complexity index is 2080. The van der Waals surface area contributed by atoms with Gasteiger partial charge in [0, 0.05) is 25.7 Å². The first-order valence-electron chi connectivity index (χ1n) is 45.3. The summed E-state index contributed by atoms with van der Waals surface area (Å²) in [6.07, 6.45) is 66.6. The molecule has 0 amide bonds. The maximum absolute atomic E-state index is 13.1. The number of esters is 4. The second-order valence-electron chi connectivity index (χ2n) is 32.8. The molecule has 5 unspecified atom stereocenters. The van der Waals surface area contributed by atoms with E-state index in [0.717, 1.165) is 120 Å². The Labute approximate surface area is 658 Å². The molecule has 0 rings (SSSR count). The molecule has 0 aliphatic rings. The molecule has 0 aliphatic carbocycles. The second kappa shape index (κ2) is 76.7. The van der Waals surface area contributed by atoms with Gasteiger partial charge >= 0.3 is 39.5 Å². The van der Waals surface area contributed by atoms with Gasteiger partial charge in [-0.3, -0.25) is 37.3 Å². The molecule has 0 aromatic heterocycles. The first kappa shape index (κ1) is 105. The number of ether oxygens (including phenoxy) is 4. The van der Waals surface area contributed by atoms with Crippen LogP contribution in [0.3, 0.4) is 0 Å². The zero-order valence-corrected chi connectivity index (χ0v) is 72.6. The van der Waals surface area contributed by atoms with Crippen molar-refractivity contribution in [1.82, 2.24) is 0 Å². The molecule has 8 atom stereocenters. The van der Waals surface area contributed by atoms with Crippen LogP contribution in [-0.2, 0) is 65.4 Å². The molecule has 0 saturated carbocycles. The first-order valence-corrected chi connectivity index (χ1v) is 48.3. The van der Waals surface area contributed by atoms with Crippen molar-refractivity contribution in [2.45, 2.75) is 478 Å². The van der Waals surface area contributed by atoms with Crippen LogP contribution < -0.4 is 0 Å². The molecule has 19 heteroatoms. The van der Waals surface area contributed by atoms with E-state index < -0.39 is 97.5 Å². The lowest BCUT2D eigenvalue weighted by molar-refractivity contribution is -0.161. The van der Waals surface area contributed by atoms with Gasteiger partial charge in [-0.15, -0.1) is 0 Å². The lowest BCUT2D eigenvalue weighted by Crippen LogP contribution is -2.30. The number of aliphatic hydroxyl groups is 1. The van der Waals surface area contributed by atoms with Crippen molar-refractivity contribution in [1.29, 1.82) is 0 Å². The molecule has 0 saturated heterocycles. The predicted molar refractivity (Wildman–Crippen MR) is 441 cm³/mol. The average molecular weight is 1560 g/mol. The lowest BCUT2D eigenvalue weighted by atomic mass is 9.99. The van der Waals surface area contributed by atoms with Crippen LogP contribution in [0.1, 0.15) is 460 Å². The molecule has 17 nitrogen and oxygen atoms in total. The summed E-state index contributed by atoms with van der Waals surface area (Å²) in [5.41, 5.74) is 0. The van der Waals surface area contributed by atoms with Gasteiger partial charge in [-0.25, -0.2) is 9.13 Å². The standard InChI is InChI=1S/C88H172O17P2/c1-9-79(6)65-57-49-41-35-29-23-16-14-12-13-15-17-26-32-38-44-54-62-71-88(93)105-84(75-99-86(91)69-61-53-47-46-51-59-67-81(8)11-3)77-103-107(96,97)101-73-82(89)72-100-106(94,95)102-76-83(104-87(92)70-63-55-45-39-33-27-20-18-22-28-34-40-48-56-64-78(4)5)74-98-85(90)68-60-52-43-37-31-25-21-19-24-30-36-42-50-58-66-80(7)10-2/h78-84,89H,9-77H2,1-8H3,(H,94,95)(H,96,97)/t79?,80?,81?,82-,83-,84-/m1/s1. The van der Waals surface area contributed by atoms with Crippen LogP contribution in [0.4, 0.5) is 0 Å². The molecule has 107 heavy (non-hydrogen) atoms. The van der Waals surface area contributed by atoms with Crippen molar-refractivity contribution in [2.75, 3.05) is 39.6 Å². The van der Waals surface area contributed by atoms with Crippen LogP contribution in [0.25, 0.3) is 0 Å². The number of hydrogen-bond donors (Lipinski definition) is 3. The van der Waals surface area contributed by atoms with Crippen molar-refractivity contribution in [2.24, 2.45) is 23.7 Å². The summed E-state index contributed by atoms with van der Waals surface area (Å²) in [4.78, 5) is 73.3. The van der Waals surface area contributed by atoms with E-state index >= 15 is 0 Å². The van der Waals surface area contributed by atoms with Gasteiger partial charge in [0.2, 0.25) is 0 Å². The number of carbonyl (C=O) groups excluding carboxylic acids is 4. The number of phosphoric acid groups is 2. The Morgan fingerprint density at radius 3 is 0.664 bits per heavy atom. The molecule has 0 aliphatic heterocycles. The minimum Gasteiger partial charge on any atom is -0.462 e. The predicted octanol–water partition coefficient (Wildman–Crippen LogP) is 26.7. The highest BCUT2D eigenvalue weighted by molar-refractivity contribution is 7.47. The zero-order chi connectivity index (χ0) is 78.8. The van der Waals surface area contributed by atoms with E-state index in [1.54, 1.807) is 0 Å². The molecule has 0 radical (unpaired) electrons. The summed E-state index contributed by atoms with van der Waals surface area (Å²) >= 11 is 0. The number of rotatable bonds is 85. The van der Waals surface area contributed by atoms with E-state index in [-0.39, 0.29) is 25.7 Å². The van der Waals surface area contributed by atoms with E-state index in [9.17, 15) is 43.2 Å². The van der Waals surface area contributed by atoms with Gasteiger partial charge < -0.3 is 33.8 Å². The quantitative estimate of drug-likeness (QED) is 0.0222. The van der Waals surface area contributed by atoms with Crippen molar-refractivity contribution < 1.29 is 80.2 Å². The number of phosphoric ester groups is 2. The Kier molecular flexibility index (Phi) is 75.3. The number of hydrogen-bond acceptors (Lipinski definition) is 15. The summed E-state index contributed by atoms with van der Waals surface area (Å²) in [7, 11) is -9.93. The second-order valence-corrected chi connectivity index (χ2v) is 35.7. The van der Waals surface area contributed by atoms with Crippen molar-refractivity contribution in [3.05, 3.63) is 0 Å². The van der Waals surface area contributed by atoms with E-state index in [0.29, 0.717) is 25.7 Å². The van der Waals surface area contributed by atoms with Gasteiger partial charge in [-0.1, -0.05) is 409 Å². The fourth-order valence-electron chi connectivity index (χ4n) is 13.6. The highest BCUT2D eigenvalue weighted by Gasteiger charge is 2.31. The molecule has 0 aromatic rings. The highest BCUT2D eigenvalue weighted by Crippen LogP contribution is 2.45. The fraction of sp³-hybridized carbons (Fsp3) is 0.955. The molecule has 0 fully saturated rings. The smallest absolute Gasteiger partial charge is 0.462 e. The van der Waals surface area contributed by atoms with Gasteiger partial charge in [0.25, 0.3) is 0 Å². The number of unbranched alkanes of at least 4 members (excludes halogenated alkanes) is 48. The topological polar surface area (TPSA) is 237 Å². The minimum atomic E-state index is -4.97. The third-order valence-corrected chi connectivity index (χ3v) is 23.6. The van der Waals surface area contributed by atoms with Gasteiger partial charge in [0.15, 0.2) is 12.2 Å². The summed E-state index contributed by atoms with van der Waals surface area (Å²) in [6.45, 7) is 14.4. The summed E-state index contributed by atoms with van der Waals surface area (Å²) in [6, 6.07) is 0. The Hall–Kier alpha value is -1.94. The molecule has 3 N–H and O–H groups in total. The van der Waals surface area contributed by atoms with Crippen LogP contribution in [0, 0.1) is 23.7 Å². The molecular formula is C88H172O17P2. The van der Waals surface area contributed by atoms with Crippen molar-refractivity contribution >= 4 is 39.5 Å². The van der Waals surface area contributed by atoms with E-state index in [2.05, 4.69) is 55.4 Å². The number of carbonyl (C=O) groups is 4. The average Bonchev–Trinajstić information content (AvgIpc) is 0.900. The van der Waals surface area contributed by atoms with Crippen LogP contribution in [0.15, 0.2) is 0 Å². The minimum absolute atomic E-state index is 0.107. The molecule has 0 bridgehead atoms. The van der Waals surface area contributed by atoms with Gasteiger partial charge in [0.05, 0.1) is 26.4 Å². The number of aliphatic hydroxyl groups excluding tert-OH is 1. The van der Waals surface area contributed by atoms with E-state index in [1.165, 1.54) is 257 Å². The largest absolute Gasteiger partial charge is 0.472 e. The van der Waals surface area contributed by atoms with Crippen LogP contribution >= 0.6 is 15.6 Å². The maximum Gasteiger partial charge on any atom is 0.472 e. The zero-order valence-electron chi connectivity index (χ0n) is 70.8. The molecule has 636 valence electrons. The molecular weight excluding hydrogens is 1390 g/mol. The Morgan fingerprint density at radius 2 is 0.449 bits per heavy atom. The maximum atomic E-state index is 13.1. The lowest BCUT2D eigenvalue weighted by Gasteiger charge is -2.21. The third-order valence-electron chi connectivity index (χ3n) is 21.7. The van der Waals surface area contributed by atoms with Gasteiger partial charge in [0.1, 0.15) is 19.3 Å². The third kappa shape index (κ3) is 77.8. The van der Waals surface area contributed by atoms with Crippen molar-refractivity contribution in [3.63, 3.8) is 0 Å². The SMILES string of the molecule is CCC(C)CCCCCCCCCCCCCCCCCCCCC(=O)O[C@H](COC(=O)CCCCCCCCC(C)CC)COP(=O)(O)OC[C@H](O)COP(=O)(O)OC[C@@H](COC(=O)CCCCCCCCCCCCCCCCC(C)CC)OC(=O)CCCCCCCCCCCCCCCCC(C)C. The highest BCUT2D eigenvalue weighted by atomic mass is 31.2. The molecule has 0 spiro atoms. The fourth-order valence-corrected chi connectivity index (χ4v) is 15.2. The molecule has 0 heterocycles. The summed E-state index contributed by atoms with van der Waals surface area (Å²) in [5, 5.41) is 10.7. The Morgan fingerprint density at radius 1 is 0.262 bits per heavy atom. The van der Waals surface area contributed by atoms with E-state index in [4.69, 9.17) is 37.0 Å². The van der Waals surface area contributed by atoms with Crippen LogP contribution in [-0.4, -0.2) is 96.7 Å². The first-order chi connectivity index (χ1) is 51.7. The summed E-state index contributed by atoms with van der Waals surface area (Å²) < 4.78 is 68.9. The van der Waals surface area contributed by atoms with Gasteiger partial charge in [-0.05, 0) is 49.4 Å². The van der Waals surface area contributed by atoms with Crippen LogP contribution in [0.2, 0.25) is 0 Å². The van der Waals surface area contributed by atoms with Crippen LogP contribution in [0.5, 0.6) is 0 Å². The molecule has 0 aromatic carbocycles. The normalized spacial score (nSPS) is 14.7. The van der Waals surface area contributed by atoms with Gasteiger partial charge in [-0.2, -0.15) is 0 Å². The van der Waals surface area contributed by atoms with E-state index in [1.807, 2.05) is 0 Å². The Balaban J connectivity index is 5.21.